The van der Waals surface area contributed by atoms with E-state index >= 15 is 0 Å². The summed E-state index contributed by atoms with van der Waals surface area (Å²) in [5.74, 6) is 0.328. The van der Waals surface area contributed by atoms with Crippen molar-refractivity contribution in [3.63, 3.8) is 0 Å². The molecule has 6 nitrogen and oxygen atoms in total. The molecule has 2 N–H and O–H groups in total. The summed E-state index contributed by atoms with van der Waals surface area (Å²) in [5, 5.41) is 5.13. The van der Waals surface area contributed by atoms with Gasteiger partial charge in [0.1, 0.15) is 4.90 Å². The van der Waals surface area contributed by atoms with Crippen molar-refractivity contribution in [1.29, 1.82) is 0 Å². The van der Waals surface area contributed by atoms with Crippen LogP contribution in [0.3, 0.4) is 0 Å². The second-order valence-corrected chi connectivity index (χ2v) is 9.19. The number of nitrogens with one attached hydrogen (secondary N) is 2. The zero-order valence-electron chi connectivity index (χ0n) is 14.4. The number of pyridine rings is 1. The molecule has 3 rings (SSSR count). The lowest BCUT2D eigenvalue weighted by molar-refractivity contribution is -0.122. The first kappa shape index (κ1) is 19.0. The van der Waals surface area contributed by atoms with Crippen LogP contribution in [0.1, 0.15) is 43.0 Å². The number of hydrogen-bond acceptors (Lipinski definition) is 5. The molecule has 0 radical (unpaired) electrons. The lowest BCUT2D eigenvalue weighted by atomic mass is 9.96. The van der Waals surface area contributed by atoms with Crippen LogP contribution in [0.2, 0.25) is 0 Å². The highest BCUT2D eigenvalue weighted by Gasteiger charge is 2.28. The molecule has 0 unspecified atom stereocenters. The quantitative estimate of drug-likeness (QED) is 0.722. The van der Waals surface area contributed by atoms with Crippen LogP contribution in [0.15, 0.2) is 46.9 Å². The third kappa shape index (κ3) is 4.90. The standard InChI is InChI=1S/C18H23N3O3S2/c22-17(9-11-20-26(23,24)15-7-3-10-19-13-15)21-18(14-5-1-2-6-14)16-8-4-12-25-16/h3-4,7-8,10,12-14,18,20H,1-2,5-6,9,11H2,(H,21,22)/t18-/m0/s1. The van der Waals surface area contributed by atoms with Gasteiger partial charge in [0.15, 0.2) is 0 Å². The van der Waals surface area contributed by atoms with E-state index in [0.717, 1.165) is 12.8 Å². The Morgan fingerprint density at radius 2 is 2.08 bits per heavy atom. The zero-order chi connectivity index (χ0) is 18.4. The van der Waals surface area contributed by atoms with Crippen LogP contribution in [0.4, 0.5) is 0 Å². The van der Waals surface area contributed by atoms with Crippen molar-refractivity contribution in [2.75, 3.05) is 6.54 Å². The molecule has 1 atom stereocenters. The molecule has 140 valence electrons. The lowest BCUT2D eigenvalue weighted by Crippen LogP contribution is -2.35. The second-order valence-electron chi connectivity index (χ2n) is 6.44. The fourth-order valence-electron chi connectivity index (χ4n) is 3.31. The molecule has 8 heteroatoms. The minimum atomic E-state index is -3.63. The van der Waals surface area contributed by atoms with E-state index in [0.29, 0.717) is 5.92 Å². The van der Waals surface area contributed by atoms with Crippen LogP contribution in [0.5, 0.6) is 0 Å². The van der Waals surface area contributed by atoms with Crippen LogP contribution in [0, 0.1) is 5.92 Å². The van der Waals surface area contributed by atoms with Gasteiger partial charge >= 0.3 is 0 Å². The monoisotopic (exact) mass is 393 g/mol. The average Bonchev–Trinajstić information content (AvgIpc) is 3.34. The van der Waals surface area contributed by atoms with E-state index < -0.39 is 10.0 Å². The topological polar surface area (TPSA) is 88.2 Å². The number of carbonyl (C=O) groups is 1. The molecule has 2 aromatic rings. The van der Waals surface area contributed by atoms with Crippen LogP contribution < -0.4 is 10.0 Å². The normalized spacial score (nSPS) is 16.5. The number of amides is 1. The van der Waals surface area contributed by atoms with Crippen molar-refractivity contribution in [3.05, 3.63) is 46.9 Å². The molecule has 0 aromatic carbocycles. The van der Waals surface area contributed by atoms with Gasteiger partial charge in [-0.15, -0.1) is 11.3 Å². The van der Waals surface area contributed by atoms with Gasteiger partial charge in [-0.05, 0) is 42.3 Å². The van der Waals surface area contributed by atoms with Crippen LogP contribution in [-0.4, -0.2) is 25.9 Å². The molecule has 1 aliphatic rings. The molecule has 1 fully saturated rings. The highest BCUT2D eigenvalue weighted by atomic mass is 32.2. The molecule has 2 aromatic heterocycles. The van der Waals surface area contributed by atoms with E-state index in [4.69, 9.17) is 0 Å². The molecular weight excluding hydrogens is 370 g/mol. The first-order valence-corrected chi connectivity index (χ1v) is 11.1. The van der Waals surface area contributed by atoms with Crippen molar-refractivity contribution in [1.82, 2.24) is 15.0 Å². The molecule has 26 heavy (non-hydrogen) atoms. The lowest BCUT2D eigenvalue weighted by Gasteiger charge is -2.23. The molecule has 2 heterocycles. The molecule has 1 amide bonds. The van der Waals surface area contributed by atoms with Gasteiger partial charge in [-0.1, -0.05) is 18.9 Å². The van der Waals surface area contributed by atoms with E-state index in [9.17, 15) is 13.2 Å². The van der Waals surface area contributed by atoms with Gasteiger partial charge in [0, 0.05) is 30.2 Å². The second kappa shape index (κ2) is 8.75. The average molecular weight is 394 g/mol. The number of carbonyl (C=O) groups excluding carboxylic acids is 1. The number of thiophene rings is 1. The van der Waals surface area contributed by atoms with Crippen molar-refractivity contribution in [2.24, 2.45) is 5.92 Å². The number of sulfonamides is 1. The Hall–Kier alpha value is -1.77. The predicted octanol–water partition coefficient (Wildman–Crippen LogP) is 2.86. The Balaban J connectivity index is 1.54. The maximum absolute atomic E-state index is 12.4. The summed E-state index contributed by atoms with van der Waals surface area (Å²) in [6.07, 6.45) is 7.55. The van der Waals surface area contributed by atoms with Crippen molar-refractivity contribution < 1.29 is 13.2 Å². The van der Waals surface area contributed by atoms with Gasteiger partial charge in [-0.25, -0.2) is 13.1 Å². The van der Waals surface area contributed by atoms with Crippen LogP contribution in [-0.2, 0) is 14.8 Å². The van der Waals surface area contributed by atoms with Gasteiger partial charge in [-0.3, -0.25) is 9.78 Å². The number of rotatable bonds is 8. The number of nitrogens with zero attached hydrogens (tertiary/aromatic N) is 1. The molecule has 0 saturated heterocycles. The van der Waals surface area contributed by atoms with Crippen molar-refractivity contribution >= 4 is 27.3 Å². The van der Waals surface area contributed by atoms with Crippen molar-refractivity contribution in [2.45, 2.75) is 43.0 Å². The Labute approximate surface area is 158 Å². The van der Waals surface area contributed by atoms with E-state index in [1.165, 1.54) is 36.2 Å². The summed E-state index contributed by atoms with van der Waals surface area (Å²) in [6, 6.07) is 7.12. The van der Waals surface area contributed by atoms with Gasteiger partial charge in [-0.2, -0.15) is 0 Å². The molecular formula is C18H23N3O3S2. The van der Waals surface area contributed by atoms with Crippen LogP contribution in [0.25, 0.3) is 0 Å². The van der Waals surface area contributed by atoms with Gasteiger partial charge in [0.2, 0.25) is 15.9 Å². The van der Waals surface area contributed by atoms with Gasteiger partial charge < -0.3 is 5.32 Å². The van der Waals surface area contributed by atoms with Crippen LogP contribution >= 0.6 is 11.3 Å². The third-order valence-corrected chi connectivity index (χ3v) is 7.03. The van der Waals surface area contributed by atoms with E-state index in [2.05, 4.69) is 21.1 Å². The number of aromatic nitrogens is 1. The predicted molar refractivity (Wildman–Crippen MR) is 101 cm³/mol. The smallest absolute Gasteiger partial charge is 0.242 e. The Kier molecular flexibility index (Phi) is 6.39. The summed E-state index contributed by atoms with van der Waals surface area (Å²) in [5.41, 5.74) is 0. The Morgan fingerprint density at radius 1 is 1.27 bits per heavy atom. The maximum Gasteiger partial charge on any atom is 0.242 e. The fraction of sp³-hybridized carbons (Fsp3) is 0.444. The Bertz CT molecular complexity index is 801. The third-order valence-electron chi connectivity index (χ3n) is 4.63. The summed E-state index contributed by atoms with van der Waals surface area (Å²) in [4.78, 5) is 17.5. The fourth-order valence-corrected chi connectivity index (χ4v) is 5.18. The summed E-state index contributed by atoms with van der Waals surface area (Å²) < 4.78 is 26.8. The Morgan fingerprint density at radius 3 is 2.73 bits per heavy atom. The van der Waals surface area contributed by atoms with Gasteiger partial charge in [0.25, 0.3) is 0 Å². The van der Waals surface area contributed by atoms with Gasteiger partial charge in [0.05, 0.1) is 6.04 Å². The molecule has 0 bridgehead atoms. The molecule has 1 aliphatic carbocycles. The first-order chi connectivity index (χ1) is 12.6. The van der Waals surface area contributed by atoms with Crippen molar-refractivity contribution in [3.8, 4) is 0 Å². The minimum absolute atomic E-state index is 0.0277. The summed E-state index contributed by atoms with van der Waals surface area (Å²) >= 11 is 1.65. The molecule has 0 aliphatic heterocycles. The summed E-state index contributed by atoms with van der Waals surface area (Å²) in [6.45, 7) is 0.0604. The highest BCUT2D eigenvalue weighted by molar-refractivity contribution is 7.89. The summed E-state index contributed by atoms with van der Waals surface area (Å²) in [7, 11) is -3.63. The SMILES string of the molecule is O=C(CCNS(=O)(=O)c1cccnc1)N[C@H](c1cccs1)C1CCCC1. The highest BCUT2D eigenvalue weighted by Crippen LogP contribution is 2.37. The minimum Gasteiger partial charge on any atom is -0.348 e. The van der Waals surface area contributed by atoms with E-state index in [-0.39, 0.29) is 29.8 Å². The largest absolute Gasteiger partial charge is 0.348 e. The maximum atomic E-state index is 12.4. The molecule has 0 spiro atoms. The zero-order valence-corrected chi connectivity index (χ0v) is 16.1. The number of hydrogen-bond donors (Lipinski definition) is 2. The first-order valence-electron chi connectivity index (χ1n) is 8.79. The van der Waals surface area contributed by atoms with E-state index in [1.807, 2.05) is 11.4 Å². The van der Waals surface area contributed by atoms with E-state index in [1.54, 1.807) is 17.4 Å². The molecule has 1 saturated carbocycles.